The van der Waals surface area contributed by atoms with E-state index in [-0.39, 0.29) is 24.9 Å². The van der Waals surface area contributed by atoms with E-state index in [0.717, 1.165) is 0 Å². The Labute approximate surface area is 149 Å². The number of amides is 1. The van der Waals surface area contributed by atoms with Crippen LogP contribution in [0.25, 0.3) is 0 Å². The molecule has 0 aliphatic carbocycles. The van der Waals surface area contributed by atoms with Crippen LogP contribution in [0.4, 0.5) is 0 Å². The van der Waals surface area contributed by atoms with Crippen molar-refractivity contribution in [2.24, 2.45) is 0 Å². The quantitative estimate of drug-likeness (QED) is 0.444. The highest BCUT2D eigenvalue weighted by molar-refractivity contribution is 7.12. The summed E-state index contributed by atoms with van der Waals surface area (Å²) < 4.78 is 10.6. The first-order chi connectivity index (χ1) is 12.0. The molecule has 0 fully saturated rings. The second-order valence-corrected chi connectivity index (χ2v) is 6.19. The van der Waals surface area contributed by atoms with E-state index in [4.69, 9.17) is 9.47 Å². The lowest BCUT2D eigenvalue weighted by Gasteiger charge is -2.14. The lowest BCUT2D eigenvalue weighted by atomic mass is 10.1. The summed E-state index contributed by atoms with van der Waals surface area (Å²) in [6.07, 6.45) is 0. The monoisotopic (exact) mass is 361 g/mol. The number of nitrogens with one attached hydrogen (secondary N) is 1. The maximum atomic E-state index is 11.9. The van der Waals surface area contributed by atoms with Gasteiger partial charge >= 0.3 is 5.97 Å². The zero-order chi connectivity index (χ0) is 18.2. The van der Waals surface area contributed by atoms with Gasteiger partial charge in [-0.2, -0.15) is 0 Å². The third-order valence-corrected chi connectivity index (χ3v) is 4.17. The molecule has 0 unspecified atom stereocenters. The Morgan fingerprint density at radius 3 is 2.56 bits per heavy atom. The number of para-hydroxylation sites is 1. The third kappa shape index (κ3) is 5.42. The van der Waals surface area contributed by atoms with E-state index < -0.39 is 12.0 Å². The summed E-state index contributed by atoms with van der Waals surface area (Å²) in [7, 11) is 0. The van der Waals surface area contributed by atoms with Crippen LogP contribution in [-0.4, -0.2) is 36.9 Å². The molecule has 0 radical (unpaired) electrons. The van der Waals surface area contributed by atoms with Crippen molar-refractivity contribution in [2.75, 3.05) is 13.2 Å². The van der Waals surface area contributed by atoms with Crippen LogP contribution in [0, 0.1) is 0 Å². The van der Waals surface area contributed by atoms with Crippen LogP contribution < -0.4 is 10.1 Å². The standard InChI is InChI=1S/C18H19NO5S/c1-12(19-17(21)16-8-5-11-25-16)18(22)24-10-9-23-15-7-4-3-6-14(15)13(2)20/h3-8,11-12H,9-10H2,1-2H3,(H,19,21)/t12-/m0/s1. The number of ether oxygens (including phenoxy) is 2. The van der Waals surface area contributed by atoms with Gasteiger partial charge in [0, 0.05) is 0 Å². The Morgan fingerprint density at radius 1 is 1.12 bits per heavy atom. The number of benzene rings is 1. The summed E-state index contributed by atoms with van der Waals surface area (Å²) in [6.45, 7) is 3.14. The summed E-state index contributed by atoms with van der Waals surface area (Å²) in [4.78, 5) is 35.8. The lowest BCUT2D eigenvalue weighted by Crippen LogP contribution is -2.39. The molecular formula is C18H19NO5S. The topological polar surface area (TPSA) is 81.7 Å². The molecule has 0 saturated heterocycles. The van der Waals surface area contributed by atoms with Crippen molar-refractivity contribution < 1.29 is 23.9 Å². The van der Waals surface area contributed by atoms with E-state index in [2.05, 4.69) is 5.32 Å². The normalized spacial score (nSPS) is 11.4. The summed E-state index contributed by atoms with van der Waals surface area (Å²) in [5.41, 5.74) is 0.477. The van der Waals surface area contributed by atoms with Gasteiger partial charge in [-0.3, -0.25) is 9.59 Å². The van der Waals surface area contributed by atoms with Gasteiger partial charge in [0.25, 0.3) is 5.91 Å². The Bertz CT molecular complexity index is 742. The van der Waals surface area contributed by atoms with Crippen LogP contribution >= 0.6 is 11.3 Å². The molecule has 0 aliphatic rings. The predicted molar refractivity (Wildman–Crippen MR) is 94.1 cm³/mol. The smallest absolute Gasteiger partial charge is 0.328 e. The SMILES string of the molecule is CC(=O)c1ccccc1OCCOC(=O)[C@H](C)NC(=O)c1cccs1. The number of Topliss-reactive ketones (excluding diaryl/α,β-unsaturated/α-hetero) is 1. The average molecular weight is 361 g/mol. The summed E-state index contributed by atoms with van der Waals surface area (Å²) in [5, 5.41) is 4.36. The average Bonchev–Trinajstić information content (AvgIpc) is 3.13. The summed E-state index contributed by atoms with van der Waals surface area (Å²) in [5.74, 6) is -0.512. The van der Waals surface area contributed by atoms with Gasteiger partial charge < -0.3 is 14.8 Å². The zero-order valence-electron chi connectivity index (χ0n) is 14.0. The van der Waals surface area contributed by atoms with Crippen molar-refractivity contribution in [3.63, 3.8) is 0 Å². The molecule has 25 heavy (non-hydrogen) atoms. The van der Waals surface area contributed by atoms with Gasteiger partial charge in [0.15, 0.2) is 5.78 Å². The molecular weight excluding hydrogens is 342 g/mol. The Kier molecular flexibility index (Phi) is 6.71. The molecule has 1 aromatic heterocycles. The van der Waals surface area contributed by atoms with E-state index in [1.165, 1.54) is 18.3 Å². The van der Waals surface area contributed by atoms with Crippen LogP contribution in [0.3, 0.4) is 0 Å². The fraction of sp³-hybridized carbons (Fsp3) is 0.278. The van der Waals surface area contributed by atoms with Crippen molar-refractivity contribution in [2.45, 2.75) is 19.9 Å². The number of ketones is 1. The van der Waals surface area contributed by atoms with E-state index in [0.29, 0.717) is 16.2 Å². The van der Waals surface area contributed by atoms with E-state index in [1.807, 2.05) is 0 Å². The van der Waals surface area contributed by atoms with Gasteiger partial charge in [-0.15, -0.1) is 11.3 Å². The molecule has 1 atom stereocenters. The minimum Gasteiger partial charge on any atom is -0.489 e. The molecule has 0 bridgehead atoms. The molecule has 2 aromatic rings. The van der Waals surface area contributed by atoms with E-state index in [1.54, 1.807) is 48.7 Å². The Morgan fingerprint density at radius 2 is 1.88 bits per heavy atom. The molecule has 0 aliphatic heterocycles. The molecule has 1 heterocycles. The molecule has 0 spiro atoms. The van der Waals surface area contributed by atoms with E-state index in [9.17, 15) is 14.4 Å². The van der Waals surface area contributed by atoms with Crippen LogP contribution in [0.5, 0.6) is 5.75 Å². The Balaban J connectivity index is 1.75. The van der Waals surface area contributed by atoms with Crippen LogP contribution in [0.1, 0.15) is 33.9 Å². The fourth-order valence-electron chi connectivity index (χ4n) is 2.04. The molecule has 1 amide bonds. The molecule has 7 heteroatoms. The number of esters is 1. The van der Waals surface area contributed by atoms with Crippen molar-refractivity contribution >= 4 is 29.0 Å². The van der Waals surface area contributed by atoms with Gasteiger partial charge in [-0.05, 0) is 37.4 Å². The van der Waals surface area contributed by atoms with Gasteiger partial charge in [0.2, 0.25) is 0 Å². The molecule has 6 nitrogen and oxygen atoms in total. The Hall–Kier alpha value is -2.67. The van der Waals surface area contributed by atoms with Crippen molar-refractivity contribution in [1.29, 1.82) is 0 Å². The number of carbonyl (C=O) groups is 3. The third-order valence-electron chi connectivity index (χ3n) is 3.30. The summed E-state index contributed by atoms with van der Waals surface area (Å²) in [6, 6.07) is 9.54. The molecule has 0 saturated carbocycles. The van der Waals surface area contributed by atoms with Crippen molar-refractivity contribution in [3.05, 3.63) is 52.2 Å². The molecule has 1 N–H and O–H groups in total. The highest BCUT2D eigenvalue weighted by atomic mass is 32.1. The molecule has 1 aromatic carbocycles. The van der Waals surface area contributed by atoms with Gasteiger partial charge in [0.05, 0.1) is 10.4 Å². The number of hydrogen-bond acceptors (Lipinski definition) is 6. The number of thiophene rings is 1. The van der Waals surface area contributed by atoms with Crippen LogP contribution in [-0.2, 0) is 9.53 Å². The first-order valence-corrected chi connectivity index (χ1v) is 8.60. The molecule has 2 rings (SSSR count). The maximum absolute atomic E-state index is 11.9. The minimum atomic E-state index is -0.765. The second-order valence-electron chi connectivity index (χ2n) is 5.24. The number of rotatable bonds is 8. The first kappa shape index (κ1) is 18.7. The predicted octanol–water partition coefficient (Wildman–Crippen LogP) is 2.69. The number of carbonyl (C=O) groups excluding carboxylic acids is 3. The van der Waals surface area contributed by atoms with Crippen LogP contribution in [0.2, 0.25) is 0 Å². The first-order valence-electron chi connectivity index (χ1n) is 7.73. The number of hydrogen-bond donors (Lipinski definition) is 1. The van der Waals surface area contributed by atoms with Crippen molar-refractivity contribution in [3.8, 4) is 5.75 Å². The molecule has 132 valence electrons. The summed E-state index contributed by atoms with van der Waals surface area (Å²) >= 11 is 1.30. The largest absolute Gasteiger partial charge is 0.489 e. The van der Waals surface area contributed by atoms with Gasteiger partial charge in [-0.1, -0.05) is 18.2 Å². The second kappa shape index (κ2) is 8.98. The maximum Gasteiger partial charge on any atom is 0.328 e. The zero-order valence-corrected chi connectivity index (χ0v) is 14.8. The lowest BCUT2D eigenvalue weighted by molar-refractivity contribution is -0.146. The van der Waals surface area contributed by atoms with Crippen molar-refractivity contribution in [1.82, 2.24) is 5.32 Å². The minimum absolute atomic E-state index is 0.0181. The fourth-order valence-corrected chi connectivity index (χ4v) is 2.66. The highest BCUT2D eigenvalue weighted by Crippen LogP contribution is 2.18. The highest BCUT2D eigenvalue weighted by Gasteiger charge is 2.18. The van der Waals surface area contributed by atoms with Gasteiger partial charge in [0.1, 0.15) is 25.0 Å². The van der Waals surface area contributed by atoms with E-state index >= 15 is 0 Å². The van der Waals surface area contributed by atoms with Gasteiger partial charge in [-0.25, -0.2) is 4.79 Å². The van der Waals surface area contributed by atoms with Crippen LogP contribution in [0.15, 0.2) is 41.8 Å².